The van der Waals surface area contributed by atoms with E-state index in [1.807, 2.05) is 0 Å². The van der Waals surface area contributed by atoms with Crippen LogP contribution in [0, 0.1) is 0 Å². The van der Waals surface area contributed by atoms with Crippen molar-refractivity contribution in [2.24, 2.45) is 0 Å². The van der Waals surface area contributed by atoms with Crippen LogP contribution >= 0.6 is 0 Å². The van der Waals surface area contributed by atoms with E-state index in [0.717, 1.165) is 0 Å². The maximum atomic E-state index is 11.8. The van der Waals surface area contributed by atoms with Gasteiger partial charge in [0, 0.05) is 12.0 Å². The predicted molar refractivity (Wildman–Crippen MR) is 33.4 cm³/mol. The number of aliphatic carboxylic acids is 1. The van der Waals surface area contributed by atoms with Crippen molar-refractivity contribution >= 4 is 11.9 Å². The summed E-state index contributed by atoms with van der Waals surface area (Å²) >= 11 is 0. The molecule has 1 atom stereocenters. The quantitative estimate of drug-likeness (QED) is 0.521. The molecule has 2 N–H and O–H groups in total. The highest BCUT2D eigenvalue weighted by Crippen LogP contribution is 2.14. The zero-order chi connectivity index (χ0) is 8.43. The van der Waals surface area contributed by atoms with Crippen LogP contribution in [0.2, 0.25) is 0 Å². The smallest absolute Gasteiger partial charge is 0.326 e. The van der Waals surface area contributed by atoms with Crippen molar-refractivity contribution in [1.29, 1.82) is 0 Å². The molecule has 1 saturated heterocycles. The first-order valence-electron chi connectivity index (χ1n) is 2.98. The fraction of sp³-hybridized carbons (Fsp3) is 0.333. The lowest BCUT2D eigenvalue weighted by atomic mass is 10.2. The number of hydrogen-bond acceptors (Lipinski definition) is 2. The van der Waals surface area contributed by atoms with Crippen molar-refractivity contribution in [3.8, 4) is 0 Å². The minimum atomic E-state index is -1.14. The van der Waals surface area contributed by atoms with Gasteiger partial charge in [0.05, 0.1) is 6.33 Å². The molecule has 0 spiro atoms. The number of nitrogens with one attached hydrogen (secondary N) is 1. The van der Waals surface area contributed by atoms with Gasteiger partial charge in [0.25, 0.3) is 0 Å². The summed E-state index contributed by atoms with van der Waals surface area (Å²) in [6.07, 6.45) is 0.0585. The molecule has 0 saturated carbocycles. The number of rotatable bonds is 1. The van der Waals surface area contributed by atoms with Crippen molar-refractivity contribution in [2.45, 2.75) is 12.5 Å². The molecule has 60 valence electrons. The third-order valence-corrected chi connectivity index (χ3v) is 1.45. The zero-order valence-corrected chi connectivity index (χ0v) is 5.50. The first-order valence-corrected chi connectivity index (χ1v) is 2.98. The second-order valence-corrected chi connectivity index (χ2v) is 2.20. The largest absolute Gasteiger partial charge is 0.480 e. The average molecular weight is 159 g/mol. The highest BCUT2D eigenvalue weighted by molar-refractivity contribution is 5.99. The average Bonchev–Trinajstić information content (AvgIpc) is 2.31. The summed E-state index contributed by atoms with van der Waals surface area (Å²) in [4.78, 5) is 20.9. The van der Waals surface area contributed by atoms with Gasteiger partial charge in [0.2, 0.25) is 5.91 Å². The Morgan fingerprint density at radius 1 is 1.82 bits per heavy atom. The van der Waals surface area contributed by atoms with Crippen LogP contribution in [0.15, 0.2) is 11.9 Å². The van der Waals surface area contributed by atoms with Crippen LogP contribution in [0.1, 0.15) is 6.42 Å². The molecule has 1 aliphatic heterocycles. The molecule has 4 nitrogen and oxygen atoms in total. The first-order chi connectivity index (χ1) is 5.15. The fourth-order valence-electron chi connectivity index (χ4n) is 0.858. The minimum Gasteiger partial charge on any atom is -0.480 e. The lowest BCUT2D eigenvalue weighted by Crippen LogP contribution is -2.32. The normalized spacial score (nSPS) is 27.2. The van der Waals surface area contributed by atoms with E-state index in [0.29, 0.717) is 0 Å². The molecular formula is C6H6FNO3. The molecule has 0 bridgehead atoms. The van der Waals surface area contributed by atoms with Crippen molar-refractivity contribution in [3.63, 3.8) is 0 Å². The van der Waals surface area contributed by atoms with Crippen LogP contribution in [0.5, 0.6) is 0 Å². The van der Waals surface area contributed by atoms with Crippen LogP contribution in [-0.2, 0) is 9.59 Å². The van der Waals surface area contributed by atoms with E-state index in [9.17, 15) is 14.0 Å². The summed E-state index contributed by atoms with van der Waals surface area (Å²) in [6.45, 7) is 0. The van der Waals surface area contributed by atoms with Gasteiger partial charge in [-0.2, -0.15) is 0 Å². The van der Waals surface area contributed by atoms with Gasteiger partial charge in [-0.1, -0.05) is 0 Å². The van der Waals surface area contributed by atoms with Gasteiger partial charge in [0.1, 0.15) is 6.04 Å². The summed E-state index contributed by atoms with van der Waals surface area (Å²) in [7, 11) is 0. The third kappa shape index (κ3) is 1.36. The van der Waals surface area contributed by atoms with Gasteiger partial charge in [-0.25, -0.2) is 9.18 Å². The van der Waals surface area contributed by atoms with E-state index in [1.54, 1.807) is 0 Å². The number of hydrogen-bond donors (Lipinski definition) is 2. The summed E-state index contributed by atoms with van der Waals surface area (Å²) in [6, 6.07) is -0.968. The second-order valence-electron chi connectivity index (χ2n) is 2.20. The number of carboxylic acids is 1. The Kier molecular flexibility index (Phi) is 1.89. The molecule has 0 aromatic rings. The molecule has 1 heterocycles. The number of carbonyl (C=O) groups excluding carboxylic acids is 1. The molecule has 5 heteroatoms. The SMILES string of the molecule is O=C1NC(C(=O)O)CC1=CF. The van der Waals surface area contributed by atoms with Gasteiger partial charge >= 0.3 is 5.97 Å². The monoisotopic (exact) mass is 159 g/mol. The molecule has 0 aliphatic carbocycles. The highest BCUT2D eigenvalue weighted by Gasteiger charge is 2.31. The van der Waals surface area contributed by atoms with E-state index in [4.69, 9.17) is 5.11 Å². The topological polar surface area (TPSA) is 66.4 Å². The van der Waals surface area contributed by atoms with Crippen LogP contribution < -0.4 is 5.32 Å². The van der Waals surface area contributed by atoms with Crippen LogP contribution in [-0.4, -0.2) is 23.0 Å². The van der Waals surface area contributed by atoms with Gasteiger partial charge < -0.3 is 10.4 Å². The standard InChI is InChI=1S/C6H6FNO3/c7-2-3-1-4(6(10)11)8-5(3)9/h2,4H,1H2,(H,8,9)(H,10,11). The summed E-state index contributed by atoms with van der Waals surface area (Å²) in [5.74, 6) is -1.78. The zero-order valence-electron chi connectivity index (χ0n) is 5.50. The van der Waals surface area contributed by atoms with E-state index in [2.05, 4.69) is 5.32 Å². The molecular weight excluding hydrogens is 153 g/mol. The van der Waals surface area contributed by atoms with E-state index in [-0.39, 0.29) is 18.3 Å². The lowest BCUT2D eigenvalue weighted by Gasteiger charge is -1.99. The van der Waals surface area contributed by atoms with Crippen LogP contribution in [0.25, 0.3) is 0 Å². The van der Waals surface area contributed by atoms with Crippen molar-refractivity contribution < 1.29 is 19.1 Å². The summed E-state index contributed by atoms with van der Waals surface area (Å²) in [5, 5.41) is 10.5. The molecule has 0 aromatic carbocycles. The van der Waals surface area contributed by atoms with E-state index >= 15 is 0 Å². The Bertz CT molecular complexity index is 236. The van der Waals surface area contributed by atoms with Crippen LogP contribution in [0.4, 0.5) is 4.39 Å². The molecule has 1 amide bonds. The van der Waals surface area contributed by atoms with Gasteiger partial charge in [0.15, 0.2) is 0 Å². The van der Waals surface area contributed by atoms with Crippen molar-refractivity contribution in [1.82, 2.24) is 5.32 Å². The van der Waals surface area contributed by atoms with E-state index < -0.39 is 17.9 Å². The maximum absolute atomic E-state index is 11.8. The minimum absolute atomic E-state index is 0.0787. The number of carbonyl (C=O) groups is 2. The Balaban J connectivity index is 2.72. The Morgan fingerprint density at radius 2 is 2.45 bits per heavy atom. The molecule has 1 fully saturated rings. The Hall–Kier alpha value is -1.39. The van der Waals surface area contributed by atoms with Crippen molar-refractivity contribution in [2.75, 3.05) is 0 Å². The second kappa shape index (κ2) is 2.69. The first kappa shape index (κ1) is 7.71. The molecule has 1 unspecified atom stereocenters. The lowest BCUT2D eigenvalue weighted by molar-refractivity contribution is -0.140. The molecule has 0 radical (unpaired) electrons. The summed E-state index contributed by atoms with van der Waals surface area (Å²) in [5.41, 5.74) is -0.114. The Labute approximate surface area is 61.7 Å². The predicted octanol–water partition coefficient (Wildman–Crippen LogP) is -0.187. The maximum Gasteiger partial charge on any atom is 0.326 e. The summed E-state index contributed by atoms with van der Waals surface area (Å²) < 4.78 is 11.8. The fourth-order valence-corrected chi connectivity index (χ4v) is 0.858. The van der Waals surface area contributed by atoms with Crippen LogP contribution in [0.3, 0.4) is 0 Å². The number of halogens is 1. The molecule has 1 rings (SSSR count). The number of carboxylic acid groups (broad SMARTS) is 1. The highest BCUT2D eigenvalue weighted by atomic mass is 19.1. The Morgan fingerprint density at radius 3 is 2.73 bits per heavy atom. The van der Waals surface area contributed by atoms with Gasteiger partial charge in [-0.3, -0.25) is 4.79 Å². The third-order valence-electron chi connectivity index (χ3n) is 1.45. The molecule has 1 aliphatic rings. The van der Waals surface area contributed by atoms with E-state index in [1.165, 1.54) is 0 Å². The number of amides is 1. The molecule has 11 heavy (non-hydrogen) atoms. The van der Waals surface area contributed by atoms with Gasteiger partial charge in [-0.05, 0) is 0 Å². The molecule has 0 aromatic heterocycles. The van der Waals surface area contributed by atoms with Crippen molar-refractivity contribution in [3.05, 3.63) is 11.9 Å². The van der Waals surface area contributed by atoms with Gasteiger partial charge in [-0.15, -0.1) is 0 Å².